The van der Waals surface area contributed by atoms with Crippen LogP contribution in [0.1, 0.15) is 43.5 Å². The van der Waals surface area contributed by atoms with E-state index in [2.05, 4.69) is 24.5 Å². The summed E-state index contributed by atoms with van der Waals surface area (Å²) >= 11 is 0. The summed E-state index contributed by atoms with van der Waals surface area (Å²) in [6.07, 6.45) is 3.02. The summed E-state index contributed by atoms with van der Waals surface area (Å²) in [5.74, 6) is 0.480. The van der Waals surface area contributed by atoms with E-state index in [0.29, 0.717) is 30.5 Å². The molecule has 0 aromatic heterocycles. The fourth-order valence-electron chi connectivity index (χ4n) is 3.99. The number of hydrogen-bond acceptors (Lipinski definition) is 4. The molecule has 0 saturated carbocycles. The molecule has 2 N–H and O–H groups in total. The number of nitrogens with zero attached hydrogens (tertiary/aromatic N) is 1. The molecule has 1 amide bonds. The molecule has 1 aromatic rings. The van der Waals surface area contributed by atoms with Crippen LogP contribution in [0.3, 0.4) is 0 Å². The van der Waals surface area contributed by atoms with Crippen molar-refractivity contribution in [2.45, 2.75) is 44.0 Å². The fourth-order valence-corrected chi connectivity index (χ4v) is 5.72. The standard InChI is InChI=1S/C19H29N3O3S/c1-14-9-15(2)13-22(12-14)26(24,25)18-7-3-5-16(10-18)19(23)21-17-6-4-8-20-11-17/h3,5,7,10,14-15,17,20H,4,6,8-9,11-13H2,1-2H3,(H,21,23)/t14?,15?,17-/m0/s1. The summed E-state index contributed by atoms with van der Waals surface area (Å²) in [6.45, 7) is 6.98. The molecular weight excluding hydrogens is 350 g/mol. The Bertz CT molecular complexity index is 734. The van der Waals surface area contributed by atoms with Crippen LogP contribution >= 0.6 is 0 Å². The van der Waals surface area contributed by atoms with Crippen LogP contribution in [-0.4, -0.2) is 50.9 Å². The zero-order valence-electron chi connectivity index (χ0n) is 15.6. The lowest BCUT2D eigenvalue weighted by molar-refractivity contribution is 0.0930. The maximum Gasteiger partial charge on any atom is 0.251 e. The largest absolute Gasteiger partial charge is 0.348 e. The summed E-state index contributed by atoms with van der Waals surface area (Å²) < 4.78 is 27.6. The number of piperidine rings is 2. The van der Waals surface area contributed by atoms with E-state index in [1.165, 1.54) is 6.07 Å². The van der Waals surface area contributed by atoms with Crippen LogP contribution in [0.15, 0.2) is 29.2 Å². The Kier molecular flexibility index (Phi) is 5.99. The first-order valence-electron chi connectivity index (χ1n) is 9.48. The minimum absolute atomic E-state index is 0.0975. The smallest absolute Gasteiger partial charge is 0.251 e. The molecule has 6 nitrogen and oxygen atoms in total. The second kappa shape index (κ2) is 8.06. The average molecular weight is 380 g/mol. The Morgan fingerprint density at radius 2 is 1.96 bits per heavy atom. The van der Waals surface area contributed by atoms with E-state index in [9.17, 15) is 13.2 Å². The number of amides is 1. The molecule has 3 atom stereocenters. The average Bonchev–Trinajstić information content (AvgIpc) is 2.62. The van der Waals surface area contributed by atoms with E-state index >= 15 is 0 Å². The van der Waals surface area contributed by atoms with Gasteiger partial charge in [0.2, 0.25) is 10.0 Å². The first-order valence-corrected chi connectivity index (χ1v) is 10.9. The van der Waals surface area contributed by atoms with Crippen molar-refractivity contribution in [1.82, 2.24) is 14.9 Å². The van der Waals surface area contributed by atoms with E-state index in [1.54, 1.807) is 22.5 Å². The number of sulfonamides is 1. The van der Waals surface area contributed by atoms with Crippen LogP contribution in [0.5, 0.6) is 0 Å². The lowest BCUT2D eigenvalue weighted by Crippen LogP contribution is -2.45. The summed E-state index contributed by atoms with van der Waals surface area (Å²) in [5.41, 5.74) is 0.398. The van der Waals surface area contributed by atoms with E-state index in [0.717, 1.165) is 32.4 Å². The van der Waals surface area contributed by atoms with Gasteiger partial charge in [0, 0.05) is 31.2 Å². The lowest BCUT2D eigenvalue weighted by atomic mass is 9.94. The van der Waals surface area contributed by atoms with Crippen LogP contribution in [-0.2, 0) is 10.0 Å². The van der Waals surface area contributed by atoms with Gasteiger partial charge in [-0.15, -0.1) is 0 Å². The summed E-state index contributed by atoms with van der Waals surface area (Å²) in [4.78, 5) is 12.7. The van der Waals surface area contributed by atoms with Crippen molar-refractivity contribution in [2.75, 3.05) is 26.2 Å². The Balaban J connectivity index is 1.76. The predicted octanol–water partition coefficient (Wildman–Crippen LogP) is 1.83. The molecule has 0 radical (unpaired) electrons. The highest BCUT2D eigenvalue weighted by Gasteiger charge is 2.32. The van der Waals surface area contributed by atoms with Gasteiger partial charge in [-0.1, -0.05) is 19.9 Å². The highest BCUT2D eigenvalue weighted by atomic mass is 32.2. The van der Waals surface area contributed by atoms with Gasteiger partial charge in [-0.05, 0) is 55.8 Å². The maximum atomic E-state index is 13.0. The van der Waals surface area contributed by atoms with Crippen molar-refractivity contribution < 1.29 is 13.2 Å². The topological polar surface area (TPSA) is 78.5 Å². The van der Waals surface area contributed by atoms with E-state index in [4.69, 9.17) is 0 Å². The van der Waals surface area contributed by atoms with Crippen molar-refractivity contribution in [1.29, 1.82) is 0 Å². The molecular formula is C19H29N3O3S. The minimum Gasteiger partial charge on any atom is -0.348 e. The molecule has 26 heavy (non-hydrogen) atoms. The molecule has 2 unspecified atom stereocenters. The van der Waals surface area contributed by atoms with Gasteiger partial charge in [0.15, 0.2) is 0 Å². The van der Waals surface area contributed by atoms with E-state index in [1.807, 2.05) is 0 Å². The monoisotopic (exact) mass is 379 g/mol. The molecule has 1 aromatic carbocycles. The molecule has 144 valence electrons. The first-order chi connectivity index (χ1) is 12.4. The quantitative estimate of drug-likeness (QED) is 0.837. The minimum atomic E-state index is -3.58. The van der Waals surface area contributed by atoms with Crippen molar-refractivity contribution in [2.24, 2.45) is 11.8 Å². The van der Waals surface area contributed by atoms with Gasteiger partial charge in [-0.3, -0.25) is 4.79 Å². The molecule has 2 fully saturated rings. The molecule has 0 spiro atoms. The summed E-state index contributed by atoms with van der Waals surface area (Å²) in [7, 11) is -3.58. The van der Waals surface area contributed by atoms with Gasteiger partial charge in [-0.2, -0.15) is 4.31 Å². The maximum absolute atomic E-state index is 13.0. The van der Waals surface area contributed by atoms with Gasteiger partial charge in [-0.25, -0.2) is 8.42 Å². The van der Waals surface area contributed by atoms with Crippen LogP contribution in [0, 0.1) is 11.8 Å². The lowest BCUT2D eigenvalue weighted by Gasteiger charge is -2.34. The van der Waals surface area contributed by atoms with Crippen LogP contribution in [0.2, 0.25) is 0 Å². The van der Waals surface area contributed by atoms with Crippen LogP contribution < -0.4 is 10.6 Å². The highest BCUT2D eigenvalue weighted by Crippen LogP contribution is 2.27. The molecule has 0 bridgehead atoms. The van der Waals surface area contributed by atoms with Gasteiger partial charge < -0.3 is 10.6 Å². The Labute approximate surface area is 156 Å². The molecule has 2 saturated heterocycles. The normalized spacial score (nSPS) is 27.8. The van der Waals surface area contributed by atoms with E-state index < -0.39 is 10.0 Å². The number of hydrogen-bond donors (Lipinski definition) is 2. The first kappa shape index (κ1) is 19.3. The Morgan fingerprint density at radius 3 is 2.62 bits per heavy atom. The third kappa shape index (κ3) is 4.45. The van der Waals surface area contributed by atoms with Gasteiger partial charge in [0.05, 0.1) is 4.90 Å². The second-order valence-electron chi connectivity index (χ2n) is 7.81. The molecule has 2 aliphatic heterocycles. The van der Waals surface area contributed by atoms with E-state index in [-0.39, 0.29) is 16.8 Å². The van der Waals surface area contributed by atoms with Gasteiger partial charge in [0.25, 0.3) is 5.91 Å². The molecule has 3 rings (SSSR count). The zero-order valence-corrected chi connectivity index (χ0v) is 16.4. The van der Waals surface area contributed by atoms with Crippen molar-refractivity contribution in [3.05, 3.63) is 29.8 Å². The third-order valence-corrected chi connectivity index (χ3v) is 7.03. The summed E-state index contributed by atoms with van der Waals surface area (Å²) in [6, 6.07) is 6.51. The van der Waals surface area contributed by atoms with Gasteiger partial charge >= 0.3 is 0 Å². The number of rotatable bonds is 4. The van der Waals surface area contributed by atoms with Crippen molar-refractivity contribution >= 4 is 15.9 Å². The number of nitrogens with one attached hydrogen (secondary N) is 2. The molecule has 2 heterocycles. The SMILES string of the molecule is CC1CC(C)CN(S(=O)(=O)c2cccc(C(=O)N[C@H]3CCCNC3)c2)C1. The number of benzene rings is 1. The molecule has 2 aliphatic rings. The second-order valence-corrected chi connectivity index (χ2v) is 9.75. The van der Waals surface area contributed by atoms with Crippen LogP contribution in [0.4, 0.5) is 0 Å². The predicted molar refractivity (Wildman–Crippen MR) is 102 cm³/mol. The molecule has 7 heteroatoms. The Morgan fingerprint density at radius 1 is 1.23 bits per heavy atom. The van der Waals surface area contributed by atoms with Crippen molar-refractivity contribution in [3.63, 3.8) is 0 Å². The number of carbonyl (C=O) groups is 1. The summed E-state index contributed by atoms with van der Waals surface area (Å²) in [5, 5.41) is 6.26. The van der Waals surface area contributed by atoms with Crippen molar-refractivity contribution in [3.8, 4) is 0 Å². The highest BCUT2D eigenvalue weighted by molar-refractivity contribution is 7.89. The fraction of sp³-hybridized carbons (Fsp3) is 0.632. The third-order valence-electron chi connectivity index (χ3n) is 5.20. The van der Waals surface area contributed by atoms with Gasteiger partial charge in [0.1, 0.15) is 0 Å². The zero-order chi connectivity index (χ0) is 18.7. The van der Waals surface area contributed by atoms with Crippen LogP contribution in [0.25, 0.3) is 0 Å². The number of carbonyl (C=O) groups excluding carboxylic acids is 1. The Hall–Kier alpha value is -1.44. The molecule has 0 aliphatic carbocycles.